The van der Waals surface area contributed by atoms with E-state index in [2.05, 4.69) is 5.32 Å². The van der Waals surface area contributed by atoms with Crippen molar-refractivity contribution in [3.05, 3.63) is 34.6 Å². The van der Waals surface area contributed by atoms with Gasteiger partial charge in [-0.05, 0) is 12.1 Å². The van der Waals surface area contributed by atoms with E-state index in [1.54, 1.807) is 6.07 Å². The summed E-state index contributed by atoms with van der Waals surface area (Å²) in [6, 6.07) is 4.39. The van der Waals surface area contributed by atoms with E-state index < -0.39 is 5.82 Å². The molecule has 0 unspecified atom stereocenters. The van der Waals surface area contributed by atoms with E-state index in [9.17, 15) is 9.18 Å². The van der Waals surface area contributed by atoms with Crippen molar-refractivity contribution in [2.24, 2.45) is 0 Å². The van der Waals surface area contributed by atoms with Gasteiger partial charge in [-0.2, -0.15) is 0 Å². The van der Waals surface area contributed by atoms with Crippen LogP contribution in [0.2, 0.25) is 5.02 Å². The molecule has 0 heterocycles. The standard InChI is InChI=1S/C8H7ClFNO/c9-7-2-1-3-8(10)6(7)4-11-5-12/h1-3,5H,4H2,(H,11,12). The molecular formula is C8H7ClFNO. The molecular weight excluding hydrogens is 181 g/mol. The van der Waals surface area contributed by atoms with Crippen molar-refractivity contribution in [2.45, 2.75) is 6.54 Å². The van der Waals surface area contributed by atoms with Crippen LogP contribution in [0.5, 0.6) is 0 Å². The summed E-state index contributed by atoms with van der Waals surface area (Å²) in [5.74, 6) is -0.406. The monoisotopic (exact) mass is 187 g/mol. The molecule has 0 saturated heterocycles. The lowest BCUT2D eigenvalue weighted by atomic mass is 10.2. The van der Waals surface area contributed by atoms with Gasteiger partial charge in [0.25, 0.3) is 0 Å². The van der Waals surface area contributed by atoms with Crippen LogP contribution < -0.4 is 5.32 Å². The molecule has 64 valence electrons. The van der Waals surface area contributed by atoms with E-state index >= 15 is 0 Å². The van der Waals surface area contributed by atoms with Gasteiger partial charge in [0.15, 0.2) is 0 Å². The first-order valence-electron chi connectivity index (χ1n) is 3.35. The van der Waals surface area contributed by atoms with Crippen molar-refractivity contribution in [1.82, 2.24) is 5.32 Å². The first-order chi connectivity index (χ1) is 5.75. The molecule has 12 heavy (non-hydrogen) atoms. The molecule has 0 fully saturated rings. The molecule has 1 N–H and O–H groups in total. The highest BCUT2D eigenvalue weighted by Gasteiger charge is 2.04. The van der Waals surface area contributed by atoms with Gasteiger partial charge in [-0.15, -0.1) is 0 Å². The Morgan fingerprint density at radius 1 is 1.58 bits per heavy atom. The Bertz CT molecular complexity index is 270. The fourth-order valence-corrected chi connectivity index (χ4v) is 1.07. The largest absolute Gasteiger partial charge is 0.354 e. The van der Waals surface area contributed by atoms with Crippen LogP contribution in [0.4, 0.5) is 4.39 Å². The summed E-state index contributed by atoms with van der Waals surface area (Å²) >= 11 is 5.67. The third-order valence-corrected chi connectivity index (χ3v) is 1.78. The average Bonchev–Trinajstić information content (AvgIpc) is 2.04. The van der Waals surface area contributed by atoms with Crippen LogP contribution >= 0.6 is 11.6 Å². The van der Waals surface area contributed by atoms with Gasteiger partial charge in [-0.1, -0.05) is 17.7 Å². The molecule has 0 radical (unpaired) electrons. The van der Waals surface area contributed by atoms with Gasteiger partial charge in [0.2, 0.25) is 6.41 Å². The third kappa shape index (κ3) is 1.95. The third-order valence-electron chi connectivity index (χ3n) is 1.42. The fourth-order valence-electron chi connectivity index (χ4n) is 0.845. The Morgan fingerprint density at radius 3 is 2.92 bits per heavy atom. The lowest BCUT2D eigenvalue weighted by molar-refractivity contribution is -0.109. The Labute approximate surface area is 74.3 Å². The van der Waals surface area contributed by atoms with E-state index in [0.717, 1.165) is 0 Å². The van der Waals surface area contributed by atoms with Crippen LogP contribution in [-0.2, 0) is 11.3 Å². The number of benzene rings is 1. The summed E-state index contributed by atoms with van der Waals surface area (Å²) in [6.45, 7) is 0.120. The minimum absolute atomic E-state index is 0.120. The summed E-state index contributed by atoms with van der Waals surface area (Å²) in [6.07, 6.45) is 0.503. The van der Waals surface area contributed by atoms with Crippen molar-refractivity contribution in [1.29, 1.82) is 0 Å². The summed E-state index contributed by atoms with van der Waals surface area (Å²) in [7, 11) is 0. The van der Waals surface area contributed by atoms with Crippen LogP contribution in [0, 0.1) is 5.82 Å². The molecule has 0 aromatic heterocycles. The molecule has 0 aliphatic heterocycles. The van der Waals surface area contributed by atoms with E-state index in [1.165, 1.54) is 12.1 Å². The summed E-state index contributed by atoms with van der Waals surface area (Å²) in [5.41, 5.74) is 0.311. The fraction of sp³-hybridized carbons (Fsp3) is 0.125. The molecule has 0 bridgehead atoms. The van der Waals surface area contributed by atoms with Crippen LogP contribution in [-0.4, -0.2) is 6.41 Å². The van der Waals surface area contributed by atoms with Gasteiger partial charge < -0.3 is 5.32 Å². The molecule has 0 saturated carbocycles. The molecule has 4 heteroatoms. The Hall–Kier alpha value is -1.09. The zero-order valence-corrected chi connectivity index (χ0v) is 6.94. The Kier molecular flexibility index (Phi) is 3.05. The lowest BCUT2D eigenvalue weighted by Gasteiger charge is -2.03. The normalized spacial score (nSPS) is 9.50. The molecule has 1 amide bonds. The van der Waals surface area contributed by atoms with Crippen molar-refractivity contribution in [3.63, 3.8) is 0 Å². The number of carbonyl (C=O) groups excluding carboxylic acids is 1. The maximum absolute atomic E-state index is 12.9. The first kappa shape index (κ1) is 9.00. The van der Waals surface area contributed by atoms with Crippen molar-refractivity contribution in [3.8, 4) is 0 Å². The quantitative estimate of drug-likeness (QED) is 0.718. The average molecular weight is 188 g/mol. The molecule has 1 aromatic carbocycles. The number of halogens is 2. The van der Waals surface area contributed by atoms with Gasteiger partial charge in [-0.3, -0.25) is 4.79 Å². The van der Waals surface area contributed by atoms with E-state index in [1.807, 2.05) is 0 Å². The molecule has 1 rings (SSSR count). The maximum Gasteiger partial charge on any atom is 0.207 e. The molecule has 0 aliphatic rings. The Balaban J connectivity index is 2.88. The highest BCUT2D eigenvalue weighted by atomic mass is 35.5. The van der Waals surface area contributed by atoms with Gasteiger partial charge in [-0.25, -0.2) is 4.39 Å². The van der Waals surface area contributed by atoms with Crippen LogP contribution in [0.1, 0.15) is 5.56 Å². The van der Waals surface area contributed by atoms with Gasteiger partial charge in [0.1, 0.15) is 5.82 Å². The Morgan fingerprint density at radius 2 is 2.33 bits per heavy atom. The van der Waals surface area contributed by atoms with Gasteiger partial charge >= 0.3 is 0 Å². The van der Waals surface area contributed by atoms with Crippen LogP contribution in [0.15, 0.2) is 18.2 Å². The van der Waals surface area contributed by atoms with Crippen LogP contribution in [0.25, 0.3) is 0 Å². The summed E-state index contributed by atoms with van der Waals surface area (Å²) < 4.78 is 12.9. The topological polar surface area (TPSA) is 29.1 Å². The van der Waals surface area contributed by atoms with Crippen LogP contribution in [0.3, 0.4) is 0 Å². The zero-order valence-electron chi connectivity index (χ0n) is 6.18. The number of amides is 1. The second-order valence-corrected chi connectivity index (χ2v) is 2.61. The van der Waals surface area contributed by atoms with E-state index in [4.69, 9.17) is 11.6 Å². The minimum Gasteiger partial charge on any atom is -0.354 e. The maximum atomic E-state index is 12.9. The lowest BCUT2D eigenvalue weighted by Crippen LogP contribution is -2.11. The zero-order chi connectivity index (χ0) is 8.97. The molecule has 1 aromatic rings. The highest BCUT2D eigenvalue weighted by Crippen LogP contribution is 2.18. The minimum atomic E-state index is -0.406. The molecule has 0 spiro atoms. The van der Waals surface area contributed by atoms with Crippen molar-refractivity contribution in [2.75, 3.05) is 0 Å². The number of hydrogen-bond acceptors (Lipinski definition) is 1. The summed E-state index contributed by atoms with van der Waals surface area (Å²) in [5, 5.41) is 2.66. The number of hydrogen-bond donors (Lipinski definition) is 1. The van der Waals surface area contributed by atoms with E-state index in [-0.39, 0.29) is 6.54 Å². The molecule has 2 nitrogen and oxygen atoms in total. The van der Waals surface area contributed by atoms with Gasteiger partial charge in [0.05, 0.1) is 0 Å². The number of rotatable bonds is 3. The highest BCUT2D eigenvalue weighted by molar-refractivity contribution is 6.31. The summed E-state index contributed by atoms with van der Waals surface area (Å²) in [4.78, 5) is 9.92. The molecule has 0 aliphatic carbocycles. The predicted octanol–water partition coefficient (Wildman–Crippen LogP) is 1.73. The van der Waals surface area contributed by atoms with Crippen molar-refractivity contribution < 1.29 is 9.18 Å². The second kappa shape index (κ2) is 4.07. The van der Waals surface area contributed by atoms with E-state index in [0.29, 0.717) is 17.0 Å². The van der Waals surface area contributed by atoms with Gasteiger partial charge in [0, 0.05) is 17.1 Å². The second-order valence-electron chi connectivity index (χ2n) is 2.20. The number of carbonyl (C=O) groups is 1. The molecule has 0 atom stereocenters. The number of nitrogens with one attached hydrogen (secondary N) is 1. The SMILES string of the molecule is O=CNCc1c(F)cccc1Cl. The first-order valence-corrected chi connectivity index (χ1v) is 3.73. The van der Waals surface area contributed by atoms with Crippen molar-refractivity contribution >= 4 is 18.0 Å². The predicted molar refractivity (Wildman–Crippen MR) is 44.3 cm³/mol. The smallest absolute Gasteiger partial charge is 0.207 e.